The van der Waals surface area contributed by atoms with Crippen molar-refractivity contribution in [1.29, 1.82) is 0 Å². The molecule has 0 aromatic heterocycles. The van der Waals surface area contributed by atoms with Gasteiger partial charge in [0.1, 0.15) is 6.61 Å². The topological polar surface area (TPSA) is 67.9 Å². The highest BCUT2D eigenvalue weighted by Gasteiger charge is 2.41. The Morgan fingerprint density at radius 3 is 2.64 bits per heavy atom. The molecule has 2 amide bonds. The van der Waals surface area contributed by atoms with Crippen molar-refractivity contribution in [3.8, 4) is 0 Å². The Morgan fingerprint density at radius 2 is 1.94 bits per heavy atom. The first-order chi connectivity index (χ1) is 17.4. The van der Waals surface area contributed by atoms with E-state index in [9.17, 15) is 9.59 Å². The lowest BCUT2D eigenvalue weighted by molar-refractivity contribution is -0.161. The lowest BCUT2D eigenvalue weighted by Gasteiger charge is -2.43. The predicted molar refractivity (Wildman–Crippen MR) is 144 cm³/mol. The number of hydrogen-bond acceptors (Lipinski definition) is 4. The van der Waals surface area contributed by atoms with Gasteiger partial charge in [-0.1, -0.05) is 69.2 Å². The fourth-order valence-electron chi connectivity index (χ4n) is 5.95. The van der Waals surface area contributed by atoms with E-state index in [2.05, 4.69) is 12.2 Å². The van der Waals surface area contributed by atoms with Gasteiger partial charge in [0.2, 0.25) is 0 Å². The summed E-state index contributed by atoms with van der Waals surface area (Å²) < 4.78 is 11.4. The molecular weight excluding hydrogens is 476 g/mol. The molecule has 3 rings (SSSR count). The molecule has 1 heterocycles. The third-order valence-corrected chi connectivity index (χ3v) is 8.22. The lowest BCUT2D eigenvalue weighted by atomic mass is 9.78. The maximum atomic E-state index is 13.4. The molecule has 1 saturated carbocycles. The van der Waals surface area contributed by atoms with Crippen LogP contribution in [0.5, 0.6) is 0 Å². The maximum absolute atomic E-state index is 13.4. The van der Waals surface area contributed by atoms with Crippen LogP contribution in [-0.4, -0.2) is 49.2 Å². The number of benzene rings is 1. The molecule has 36 heavy (non-hydrogen) atoms. The Morgan fingerprint density at radius 1 is 1.17 bits per heavy atom. The molecule has 1 aromatic carbocycles. The summed E-state index contributed by atoms with van der Waals surface area (Å²) in [6.45, 7) is 7.45. The molecule has 1 N–H and O–H groups in total. The van der Waals surface area contributed by atoms with Crippen LogP contribution < -0.4 is 5.32 Å². The van der Waals surface area contributed by atoms with E-state index < -0.39 is 5.60 Å². The van der Waals surface area contributed by atoms with Gasteiger partial charge in [-0.25, -0.2) is 9.59 Å². The number of piperidine rings is 1. The molecule has 2 fully saturated rings. The van der Waals surface area contributed by atoms with Gasteiger partial charge in [0.05, 0.1) is 12.2 Å². The molecule has 0 bridgehead atoms. The number of ether oxygens (including phenoxy) is 2. The predicted octanol–water partition coefficient (Wildman–Crippen LogP) is 6.70. The number of nitrogens with one attached hydrogen (secondary N) is 1. The van der Waals surface area contributed by atoms with Gasteiger partial charge in [-0.2, -0.15) is 0 Å². The van der Waals surface area contributed by atoms with Crippen LogP contribution in [0.2, 0.25) is 5.02 Å². The van der Waals surface area contributed by atoms with Crippen molar-refractivity contribution >= 4 is 23.6 Å². The Bertz CT molecular complexity index is 844. The van der Waals surface area contributed by atoms with Crippen LogP contribution in [0, 0.1) is 11.8 Å². The minimum absolute atomic E-state index is 0.0211. The van der Waals surface area contributed by atoms with Crippen LogP contribution in [0.15, 0.2) is 24.3 Å². The Kier molecular flexibility index (Phi) is 11.4. The summed E-state index contributed by atoms with van der Waals surface area (Å²) in [4.78, 5) is 27.5. The summed E-state index contributed by atoms with van der Waals surface area (Å²) in [6, 6.07) is 7.86. The second-order valence-electron chi connectivity index (χ2n) is 10.7. The van der Waals surface area contributed by atoms with Crippen LogP contribution in [0.1, 0.15) is 90.5 Å². The first kappa shape index (κ1) is 28.8. The minimum Gasteiger partial charge on any atom is -0.464 e. The first-order valence-corrected chi connectivity index (χ1v) is 14.3. The number of likely N-dealkylation sites (tertiary alicyclic amines) is 1. The second-order valence-corrected chi connectivity index (χ2v) is 11.1. The van der Waals surface area contributed by atoms with Crippen molar-refractivity contribution in [1.82, 2.24) is 10.2 Å². The van der Waals surface area contributed by atoms with Crippen molar-refractivity contribution in [2.75, 3.05) is 26.3 Å². The Hall–Kier alpha value is -1.79. The fraction of sp³-hybridized carbons (Fsp3) is 0.724. The van der Waals surface area contributed by atoms with Gasteiger partial charge in [0, 0.05) is 30.1 Å². The molecule has 0 unspecified atom stereocenters. The molecule has 1 aliphatic heterocycles. The van der Waals surface area contributed by atoms with Crippen molar-refractivity contribution in [2.45, 2.75) is 96.6 Å². The van der Waals surface area contributed by atoms with E-state index in [1.54, 1.807) is 6.92 Å². The standard InChI is InChI=1S/C29H45ClN2O4/c1-4-11-26(18-22-12-7-6-8-13-22)31-28(34)32-17-10-15-24(20-32)29(3,36-21-27(33)35-5-2)23-14-9-16-25(30)19-23/h9,14,16,19,22,24,26H,4-8,10-13,15,17-18,20-21H2,1-3H3,(H,31,34)/t24-,26-,29+/m1/s1. The third-order valence-electron chi connectivity index (χ3n) is 7.99. The van der Waals surface area contributed by atoms with Crippen molar-refractivity contribution in [2.24, 2.45) is 11.8 Å². The van der Waals surface area contributed by atoms with E-state index in [-0.39, 0.29) is 30.6 Å². The van der Waals surface area contributed by atoms with E-state index in [1.165, 1.54) is 32.1 Å². The summed E-state index contributed by atoms with van der Waals surface area (Å²) in [5.41, 5.74) is 0.134. The van der Waals surface area contributed by atoms with Crippen molar-refractivity contribution < 1.29 is 19.1 Å². The number of esters is 1. The molecule has 1 saturated heterocycles. The molecular formula is C29H45ClN2O4. The highest BCUT2D eigenvalue weighted by molar-refractivity contribution is 6.30. The van der Waals surface area contributed by atoms with Gasteiger partial charge < -0.3 is 19.7 Å². The second kappa shape index (κ2) is 14.2. The zero-order chi connectivity index (χ0) is 26.0. The van der Waals surface area contributed by atoms with Crippen LogP contribution >= 0.6 is 11.6 Å². The zero-order valence-corrected chi connectivity index (χ0v) is 23.2. The van der Waals surface area contributed by atoms with E-state index in [1.807, 2.05) is 36.1 Å². The normalized spacial score (nSPS) is 21.4. The zero-order valence-electron chi connectivity index (χ0n) is 22.4. The highest BCUT2D eigenvalue weighted by Crippen LogP contribution is 2.39. The number of carbonyl (C=O) groups excluding carboxylic acids is 2. The quantitative estimate of drug-likeness (QED) is 0.330. The average molecular weight is 521 g/mol. The molecule has 1 aromatic rings. The molecule has 202 valence electrons. The van der Waals surface area contributed by atoms with E-state index in [0.29, 0.717) is 18.2 Å². The van der Waals surface area contributed by atoms with Crippen molar-refractivity contribution in [3.05, 3.63) is 34.9 Å². The number of nitrogens with zero attached hydrogens (tertiary/aromatic N) is 1. The summed E-state index contributed by atoms with van der Waals surface area (Å²) in [7, 11) is 0. The highest BCUT2D eigenvalue weighted by atomic mass is 35.5. The van der Waals surface area contributed by atoms with Gasteiger partial charge in [0.15, 0.2) is 0 Å². The molecule has 7 heteroatoms. The Balaban J connectivity index is 1.70. The third kappa shape index (κ3) is 8.11. The SMILES string of the molecule is CCC[C@H](CC1CCCCC1)NC(=O)N1CCC[C@@H]([C@@](C)(OCC(=O)OCC)c2cccc(Cl)c2)C1. The van der Waals surface area contributed by atoms with Gasteiger partial charge >= 0.3 is 12.0 Å². The van der Waals surface area contributed by atoms with Crippen LogP contribution in [0.25, 0.3) is 0 Å². The molecule has 3 atom stereocenters. The maximum Gasteiger partial charge on any atom is 0.332 e. The van der Waals surface area contributed by atoms with Gasteiger partial charge in [-0.05, 0) is 63.1 Å². The van der Waals surface area contributed by atoms with Crippen LogP contribution in [-0.2, 0) is 19.9 Å². The lowest BCUT2D eigenvalue weighted by Crippen LogP contribution is -2.52. The van der Waals surface area contributed by atoms with Gasteiger partial charge in [0.25, 0.3) is 0 Å². The number of amides is 2. The molecule has 0 spiro atoms. The van der Waals surface area contributed by atoms with Gasteiger partial charge in [-0.3, -0.25) is 0 Å². The number of rotatable bonds is 11. The molecule has 1 aliphatic carbocycles. The summed E-state index contributed by atoms with van der Waals surface area (Å²) in [6.07, 6.45) is 11.5. The van der Waals surface area contributed by atoms with E-state index >= 15 is 0 Å². The summed E-state index contributed by atoms with van der Waals surface area (Å²) in [5.74, 6) is 0.362. The van der Waals surface area contributed by atoms with E-state index in [0.717, 1.165) is 50.1 Å². The first-order valence-electron chi connectivity index (χ1n) is 14.0. The summed E-state index contributed by atoms with van der Waals surface area (Å²) in [5, 5.41) is 3.99. The number of hydrogen-bond donors (Lipinski definition) is 1. The molecule has 0 radical (unpaired) electrons. The van der Waals surface area contributed by atoms with Gasteiger partial charge in [-0.15, -0.1) is 0 Å². The smallest absolute Gasteiger partial charge is 0.332 e. The minimum atomic E-state index is -0.776. The monoisotopic (exact) mass is 520 g/mol. The average Bonchev–Trinajstić information content (AvgIpc) is 2.88. The number of carbonyl (C=O) groups is 2. The van der Waals surface area contributed by atoms with Crippen molar-refractivity contribution in [3.63, 3.8) is 0 Å². The molecule has 6 nitrogen and oxygen atoms in total. The number of urea groups is 1. The van der Waals surface area contributed by atoms with Crippen LogP contribution in [0.4, 0.5) is 4.79 Å². The van der Waals surface area contributed by atoms with E-state index in [4.69, 9.17) is 21.1 Å². The number of halogens is 1. The summed E-state index contributed by atoms with van der Waals surface area (Å²) >= 11 is 6.33. The Labute approximate surface area is 222 Å². The molecule has 2 aliphatic rings. The largest absolute Gasteiger partial charge is 0.464 e. The fourth-order valence-corrected chi connectivity index (χ4v) is 6.14. The van der Waals surface area contributed by atoms with Crippen LogP contribution in [0.3, 0.4) is 0 Å².